The molecule has 0 unspecified atom stereocenters. The number of nitrogens with zero attached hydrogens (tertiary/aromatic N) is 2. The summed E-state index contributed by atoms with van der Waals surface area (Å²) in [5, 5.41) is 33.5. The van der Waals surface area contributed by atoms with Crippen molar-refractivity contribution in [3.05, 3.63) is 78.6 Å². The molecule has 170 valence electrons. The summed E-state index contributed by atoms with van der Waals surface area (Å²) in [7, 11) is 0. The van der Waals surface area contributed by atoms with Gasteiger partial charge in [-0.25, -0.2) is 4.79 Å². The molecule has 0 aliphatic carbocycles. The molecule has 0 fully saturated rings. The van der Waals surface area contributed by atoms with Gasteiger partial charge in [0.25, 0.3) is 5.69 Å². The highest BCUT2D eigenvalue weighted by molar-refractivity contribution is 7.80. The first-order chi connectivity index (χ1) is 15.6. The van der Waals surface area contributed by atoms with Gasteiger partial charge in [-0.1, -0.05) is 47.6 Å². The topological polar surface area (TPSA) is 113 Å². The zero-order chi connectivity index (χ0) is 24.3. The first-order valence-electron chi connectivity index (χ1n) is 9.38. The maximum Gasteiger partial charge on any atom is 0.342 e. The van der Waals surface area contributed by atoms with Crippen LogP contribution in [0.2, 0.25) is 10.0 Å². The van der Waals surface area contributed by atoms with Crippen LogP contribution in [0.4, 0.5) is 5.69 Å². The Morgan fingerprint density at radius 1 is 1.18 bits per heavy atom. The highest BCUT2D eigenvalue weighted by Gasteiger charge is 2.20. The third-order valence-corrected chi connectivity index (χ3v) is 6.75. The van der Waals surface area contributed by atoms with Crippen molar-refractivity contribution < 1.29 is 19.9 Å². The van der Waals surface area contributed by atoms with Gasteiger partial charge in [-0.2, -0.15) is 0 Å². The summed E-state index contributed by atoms with van der Waals surface area (Å²) in [4.78, 5) is 27.1. The van der Waals surface area contributed by atoms with Crippen LogP contribution in [-0.2, 0) is 6.42 Å². The smallest absolute Gasteiger partial charge is 0.342 e. The molecule has 2 aromatic carbocycles. The quantitative estimate of drug-likeness (QED) is 0.152. The van der Waals surface area contributed by atoms with Gasteiger partial charge in [0.15, 0.2) is 0 Å². The Labute approximate surface area is 208 Å². The fourth-order valence-corrected chi connectivity index (χ4v) is 4.58. The first kappa shape index (κ1) is 24.8. The molecule has 0 amide bonds. The highest BCUT2D eigenvalue weighted by Crippen LogP contribution is 2.40. The van der Waals surface area contributed by atoms with E-state index in [4.69, 9.17) is 40.5 Å². The minimum Gasteiger partial charge on any atom is -0.506 e. The maximum atomic E-state index is 11.2. The highest BCUT2D eigenvalue weighted by atomic mass is 35.5. The fourth-order valence-electron chi connectivity index (χ4n) is 3.05. The number of benzene rings is 2. The monoisotopic (exact) mass is 522 g/mol. The van der Waals surface area contributed by atoms with E-state index in [2.05, 4.69) is 4.99 Å². The minimum absolute atomic E-state index is 0.0745. The van der Waals surface area contributed by atoms with Crippen molar-refractivity contribution in [3.63, 3.8) is 0 Å². The molecular weight excluding hydrogens is 507 g/mol. The molecule has 11 heteroatoms. The number of nitro groups is 1. The number of halogens is 2. The molecule has 2 N–H and O–H groups in total. The van der Waals surface area contributed by atoms with Crippen molar-refractivity contribution in [1.82, 2.24) is 0 Å². The van der Waals surface area contributed by atoms with E-state index in [0.29, 0.717) is 36.6 Å². The van der Waals surface area contributed by atoms with E-state index in [1.165, 1.54) is 29.5 Å². The summed E-state index contributed by atoms with van der Waals surface area (Å²) in [6, 6.07) is 9.00. The minimum atomic E-state index is -1.37. The van der Waals surface area contributed by atoms with Crippen LogP contribution < -0.4 is 0 Å². The van der Waals surface area contributed by atoms with E-state index < -0.39 is 16.6 Å². The van der Waals surface area contributed by atoms with Gasteiger partial charge >= 0.3 is 5.97 Å². The molecule has 0 aliphatic rings. The Morgan fingerprint density at radius 3 is 2.55 bits per heavy atom. The molecule has 0 saturated carbocycles. The van der Waals surface area contributed by atoms with E-state index in [1.54, 1.807) is 30.5 Å². The van der Waals surface area contributed by atoms with Crippen LogP contribution in [-0.4, -0.2) is 38.2 Å². The standard InChI is InChI=1S/C22H16Cl2N2O5S2/c1-11(16-10-33-21(20(16)27)13-3-5-17(23)18(24)8-13)25-9-14(32)6-12-2-4-15(22(28)29)19(7-12)26(30)31/h2-5,7-8,10,27H,6,9H2,1H3,(H,28,29). The Hall–Kier alpha value is -2.85. The van der Waals surface area contributed by atoms with E-state index >= 15 is 0 Å². The van der Waals surface area contributed by atoms with Crippen molar-refractivity contribution in [2.24, 2.45) is 4.99 Å². The van der Waals surface area contributed by atoms with Crippen LogP contribution in [0.5, 0.6) is 5.75 Å². The number of carboxylic acids is 1. The Kier molecular flexibility index (Phi) is 7.80. The first-order valence-corrected chi connectivity index (χ1v) is 11.4. The third kappa shape index (κ3) is 5.75. The van der Waals surface area contributed by atoms with Crippen LogP contribution in [0.3, 0.4) is 0 Å². The second kappa shape index (κ2) is 10.4. The number of thiophene rings is 1. The summed E-state index contributed by atoms with van der Waals surface area (Å²) in [6.45, 7) is 1.91. The van der Waals surface area contributed by atoms with E-state index in [1.807, 2.05) is 0 Å². The summed E-state index contributed by atoms with van der Waals surface area (Å²) < 4.78 is 0. The molecule has 0 aliphatic heterocycles. The number of aliphatic imine (C=N–C) groups is 1. The second-order valence-corrected chi connectivity index (χ2v) is 9.26. The van der Waals surface area contributed by atoms with Crippen LogP contribution in [0.1, 0.15) is 28.4 Å². The van der Waals surface area contributed by atoms with Crippen molar-refractivity contribution >= 4 is 69.0 Å². The zero-order valence-corrected chi connectivity index (χ0v) is 20.2. The van der Waals surface area contributed by atoms with Crippen LogP contribution >= 0.6 is 46.8 Å². The maximum absolute atomic E-state index is 11.2. The Bertz CT molecular complexity index is 1300. The summed E-state index contributed by atoms with van der Waals surface area (Å²) in [5.74, 6) is -1.29. The van der Waals surface area contributed by atoms with Gasteiger partial charge < -0.3 is 10.2 Å². The van der Waals surface area contributed by atoms with Gasteiger partial charge in [0.2, 0.25) is 0 Å². The lowest BCUT2D eigenvalue weighted by molar-refractivity contribution is -0.385. The molecule has 3 rings (SSSR count). The van der Waals surface area contributed by atoms with Gasteiger partial charge in [0.1, 0.15) is 11.3 Å². The van der Waals surface area contributed by atoms with Gasteiger partial charge in [-0.05, 0) is 36.2 Å². The van der Waals surface area contributed by atoms with E-state index in [-0.39, 0.29) is 24.3 Å². The van der Waals surface area contributed by atoms with Crippen LogP contribution in [0.15, 0.2) is 46.8 Å². The van der Waals surface area contributed by atoms with Gasteiger partial charge in [0.05, 0.1) is 26.4 Å². The predicted molar refractivity (Wildman–Crippen MR) is 135 cm³/mol. The molecule has 7 nitrogen and oxygen atoms in total. The molecule has 33 heavy (non-hydrogen) atoms. The van der Waals surface area contributed by atoms with Crippen LogP contribution in [0, 0.1) is 10.1 Å². The zero-order valence-electron chi connectivity index (χ0n) is 17.0. The fraction of sp³-hybridized carbons (Fsp3) is 0.136. The molecule has 0 bridgehead atoms. The largest absolute Gasteiger partial charge is 0.506 e. The molecule has 3 aromatic rings. The SMILES string of the molecule is CC(=NCC(=S)Cc1ccc(C(=O)O)c([N+](=O)[O-])c1)c1csc(-c2ccc(Cl)c(Cl)c2)c1O. The molecule has 0 radical (unpaired) electrons. The average molecular weight is 523 g/mol. The molecule has 0 spiro atoms. The number of hydrogen-bond acceptors (Lipinski definition) is 7. The molecule has 0 saturated heterocycles. The Morgan fingerprint density at radius 2 is 1.91 bits per heavy atom. The summed E-state index contributed by atoms with van der Waals surface area (Å²) in [6.07, 6.45) is 0.219. The molecule has 1 aromatic heterocycles. The number of aromatic carboxylic acids is 1. The third-order valence-electron chi connectivity index (χ3n) is 4.72. The molecule has 0 atom stereocenters. The summed E-state index contributed by atoms with van der Waals surface area (Å²) >= 11 is 18.7. The van der Waals surface area contributed by atoms with Crippen molar-refractivity contribution in [1.29, 1.82) is 0 Å². The molecule has 1 heterocycles. The number of rotatable bonds is 8. The van der Waals surface area contributed by atoms with Crippen molar-refractivity contribution in [2.45, 2.75) is 13.3 Å². The van der Waals surface area contributed by atoms with Crippen molar-refractivity contribution in [3.8, 4) is 16.2 Å². The molecular formula is C22H16Cl2N2O5S2. The summed E-state index contributed by atoms with van der Waals surface area (Å²) in [5.41, 5.74) is 1.52. The van der Waals surface area contributed by atoms with E-state index in [9.17, 15) is 20.0 Å². The normalized spacial score (nSPS) is 11.4. The number of carboxylic acid groups (broad SMARTS) is 1. The second-order valence-electron chi connectivity index (χ2n) is 6.99. The predicted octanol–water partition coefficient (Wildman–Crippen LogP) is 6.46. The van der Waals surface area contributed by atoms with Crippen molar-refractivity contribution in [2.75, 3.05) is 6.54 Å². The van der Waals surface area contributed by atoms with E-state index in [0.717, 1.165) is 5.56 Å². The lowest BCUT2D eigenvalue weighted by atomic mass is 10.0. The van der Waals surface area contributed by atoms with Crippen LogP contribution in [0.25, 0.3) is 10.4 Å². The number of hydrogen-bond donors (Lipinski definition) is 2. The Balaban J connectivity index is 1.74. The van der Waals surface area contributed by atoms with Gasteiger partial charge in [-0.3, -0.25) is 15.1 Å². The average Bonchev–Trinajstić information content (AvgIpc) is 3.15. The lowest BCUT2D eigenvalue weighted by Gasteiger charge is -2.06. The number of aromatic hydroxyl groups is 1. The number of carbonyl (C=O) groups is 1. The number of nitro benzene ring substituents is 1. The number of thiocarbonyl (C=S) groups is 1. The van der Waals surface area contributed by atoms with Gasteiger partial charge in [0, 0.05) is 34.0 Å². The van der Waals surface area contributed by atoms with Gasteiger partial charge in [-0.15, -0.1) is 11.3 Å². The lowest BCUT2D eigenvalue weighted by Crippen LogP contribution is -2.08.